The Balaban J connectivity index is 1.97. The van der Waals surface area contributed by atoms with E-state index in [1.807, 2.05) is 0 Å². The average molecular weight is 246 g/mol. The highest BCUT2D eigenvalue weighted by Gasteiger charge is 2.19. The molecule has 3 rings (SSSR count). The smallest absolute Gasteiger partial charge is 0.335 e. The van der Waals surface area contributed by atoms with Crippen LogP contribution in [0.4, 0.5) is 0 Å². The zero-order valence-corrected chi connectivity index (χ0v) is 9.83. The van der Waals surface area contributed by atoms with Gasteiger partial charge in [-0.05, 0) is 31.5 Å². The van der Waals surface area contributed by atoms with Crippen LogP contribution in [0.2, 0.25) is 0 Å². The normalized spacial score (nSPS) is 20.1. The number of pyridine rings is 1. The Morgan fingerprint density at radius 2 is 2.39 bits per heavy atom. The predicted molar refractivity (Wildman–Crippen MR) is 64.5 cm³/mol. The number of fused-ring (bicyclic) bond motifs is 1. The highest BCUT2D eigenvalue weighted by atomic mass is 16.4. The van der Waals surface area contributed by atoms with E-state index in [0.717, 1.165) is 18.8 Å². The van der Waals surface area contributed by atoms with Crippen LogP contribution in [0.15, 0.2) is 18.3 Å². The van der Waals surface area contributed by atoms with E-state index in [4.69, 9.17) is 5.11 Å². The number of carboxylic acid groups (broad SMARTS) is 1. The predicted octanol–water partition coefficient (Wildman–Crippen LogP) is 1.24. The van der Waals surface area contributed by atoms with Crippen LogP contribution in [0.25, 0.3) is 5.65 Å². The topological polar surface area (TPSA) is 79.5 Å². The molecule has 6 heteroatoms. The van der Waals surface area contributed by atoms with Crippen molar-refractivity contribution in [3.63, 3.8) is 0 Å². The highest BCUT2D eigenvalue weighted by molar-refractivity contribution is 5.88. The van der Waals surface area contributed by atoms with Crippen molar-refractivity contribution in [3.05, 3.63) is 29.7 Å². The summed E-state index contributed by atoms with van der Waals surface area (Å²) in [5.41, 5.74) is 0.815. The quantitative estimate of drug-likeness (QED) is 0.833. The van der Waals surface area contributed by atoms with E-state index in [-0.39, 0.29) is 11.6 Å². The molecule has 0 saturated carbocycles. The van der Waals surface area contributed by atoms with E-state index in [0.29, 0.717) is 5.65 Å². The van der Waals surface area contributed by atoms with Gasteiger partial charge in [-0.2, -0.15) is 0 Å². The summed E-state index contributed by atoms with van der Waals surface area (Å²) in [5, 5.41) is 16.7. The molecule has 0 aliphatic carbocycles. The lowest BCUT2D eigenvalue weighted by atomic mass is 10.0. The molecule has 3 heterocycles. The van der Waals surface area contributed by atoms with Gasteiger partial charge in [0.1, 0.15) is 0 Å². The molecule has 0 bridgehead atoms. The number of nitrogens with zero attached hydrogens (tertiary/aromatic N) is 3. The third kappa shape index (κ3) is 1.95. The molecule has 2 aromatic rings. The molecule has 2 N–H and O–H groups in total. The van der Waals surface area contributed by atoms with E-state index in [2.05, 4.69) is 15.4 Å². The lowest BCUT2D eigenvalue weighted by Gasteiger charge is -2.20. The van der Waals surface area contributed by atoms with E-state index < -0.39 is 5.97 Å². The van der Waals surface area contributed by atoms with Crippen molar-refractivity contribution in [2.24, 2.45) is 0 Å². The standard InChI is InChI=1S/C12H14N4O2/c17-12(18)8-4-6-16-10(7-8)14-11(15-16)9-3-1-2-5-13-9/h4,6-7,9,13H,1-3,5H2,(H,17,18). The Morgan fingerprint density at radius 3 is 3.11 bits per heavy atom. The van der Waals surface area contributed by atoms with Crippen LogP contribution >= 0.6 is 0 Å². The van der Waals surface area contributed by atoms with Gasteiger partial charge in [0, 0.05) is 6.20 Å². The lowest BCUT2D eigenvalue weighted by Crippen LogP contribution is -2.27. The molecule has 2 aromatic heterocycles. The zero-order valence-electron chi connectivity index (χ0n) is 9.83. The number of rotatable bonds is 2. The highest BCUT2D eigenvalue weighted by Crippen LogP contribution is 2.20. The molecule has 0 spiro atoms. The molecular weight excluding hydrogens is 232 g/mol. The Kier molecular flexibility index (Phi) is 2.71. The summed E-state index contributed by atoms with van der Waals surface area (Å²) in [6.45, 7) is 0.987. The van der Waals surface area contributed by atoms with Crippen molar-refractivity contribution in [2.45, 2.75) is 25.3 Å². The van der Waals surface area contributed by atoms with Crippen LogP contribution < -0.4 is 5.32 Å². The van der Waals surface area contributed by atoms with Crippen LogP contribution in [0, 0.1) is 0 Å². The van der Waals surface area contributed by atoms with Gasteiger partial charge >= 0.3 is 5.97 Å². The molecule has 6 nitrogen and oxygen atoms in total. The first-order valence-electron chi connectivity index (χ1n) is 6.07. The van der Waals surface area contributed by atoms with Crippen molar-refractivity contribution in [1.29, 1.82) is 0 Å². The van der Waals surface area contributed by atoms with E-state index >= 15 is 0 Å². The van der Waals surface area contributed by atoms with Crippen LogP contribution in [-0.4, -0.2) is 32.2 Å². The van der Waals surface area contributed by atoms with E-state index in [1.54, 1.807) is 16.8 Å². The third-order valence-electron chi connectivity index (χ3n) is 3.22. The molecule has 1 saturated heterocycles. The average Bonchev–Trinajstić information content (AvgIpc) is 2.82. The van der Waals surface area contributed by atoms with Gasteiger partial charge in [-0.3, -0.25) is 0 Å². The number of nitrogens with one attached hydrogen (secondary N) is 1. The monoisotopic (exact) mass is 246 g/mol. The summed E-state index contributed by atoms with van der Waals surface area (Å²) >= 11 is 0. The summed E-state index contributed by atoms with van der Waals surface area (Å²) in [7, 11) is 0. The molecular formula is C12H14N4O2. The van der Waals surface area contributed by atoms with Gasteiger partial charge in [-0.25, -0.2) is 14.3 Å². The number of aromatic carboxylic acids is 1. The zero-order chi connectivity index (χ0) is 12.5. The maximum atomic E-state index is 10.9. The van der Waals surface area contributed by atoms with Crippen LogP contribution in [-0.2, 0) is 0 Å². The first-order chi connectivity index (χ1) is 8.74. The van der Waals surface area contributed by atoms with E-state index in [9.17, 15) is 4.79 Å². The minimum absolute atomic E-state index is 0.187. The molecule has 1 fully saturated rings. The van der Waals surface area contributed by atoms with Crippen molar-refractivity contribution >= 4 is 11.6 Å². The summed E-state index contributed by atoms with van der Waals surface area (Å²) in [5.74, 6) is -0.199. The van der Waals surface area contributed by atoms with Gasteiger partial charge in [0.25, 0.3) is 0 Å². The van der Waals surface area contributed by atoms with Gasteiger partial charge < -0.3 is 10.4 Å². The number of aromatic nitrogens is 3. The maximum Gasteiger partial charge on any atom is 0.335 e. The lowest BCUT2D eigenvalue weighted by molar-refractivity contribution is 0.0697. The molecule has 1 atom stereocenters. The van der Waals surface area contributed by atoms with Crippen LogP contribution in [0.1, 0.15) is 41.5 Å². The molecule has 94 valence electrons. The second kappa shape index (κ2) is 4.38. The van der Waals surface area contributed by atoms with Crippen molar-refractivity contribution < 1.29 is 9.90 Å². The Labute approximate surface area is 104 Å². The maximum absolute atomic E-state index is 10.9. The van der Waals surface area contributed by atoms with Crippen LogP contribution in [0.3, 0.4) is 0 Å². The molecule has 1 aliphatic heterocycles. The van der Waals surface area contributed by atoms with E-state index in [1.165, 1.54) is 18.9 Å². The summed E-state index contributed by atoms with van der Waals surface area (Å²) in [6, 6.07) is 3.26. The van der Waals surface area contributed by atoms with Gasteiger partial charge in [0.15, 0.2) is 11.5 Å². The molecule has 18 heavy (non-hydrogen) atoms. The molecule has 1 unspecified atom stereocenters. The number of piperidine rings is 1. The first-order valence-corrected chi connectivity index (χ1v) is 6.07. The van der Waals surface area contributed by atoms with Gasteiger partial charge in [-0.1, -0.05) is 6.42 Å². The summed E-state index contributed by atoms with van der Waals surface area (Å²) < 4.78 is 1.62. The largest absolute Gasteiger partial charge is 0.478 e. The minimum Gasteiger partial charge on any atom is -0.478 e. The first kappa shape index (κ1) is 11.2. The number of carboxylic acids is 1. The second-order valence-corrected chi connectivity index (χ2v) is 4.50. The van der Waals surface area contributed by atoms with Crippen LogP contribution in [0.5, 0.6) is 0 Å². The van der Waals surface area contributed by atoms with Gasteiger partial charge in [0.05, 0.1) is 11.6 Å². The summed E-state index contributed by atoms with van der Waals surface area (Å²) in [4.78, 5) is 15.3. The Morgan fingerprint density at radius 1 is 1.50 bits per heavy atom. The van der Waals surface area contributed by atoms with Crippen molar-refractivity contribution in [1.82, 2.24) is 19.9 Å². The van der Waals surface area contributed by atoms with Gasteiger partial charge in [0.2, 0.25) is 0 Å². The molecule has 0 amide bonds. The van der Waals surface area contributed by atoms with Gasteiger partial charge in [-0.15, -0.1) is 5.10 Å². The molecule has 0 aromatic carbocycles. The third-order valence-corrected chi connectivity index (χ3v) is 3.22. The Hall–Kier alpha value is -1.95. The SMILES string of the molecule is O=C(O)c1ccn2nc(C3CCCCN3)nc2c1. The molecule has 1 aliphatic rings. The fraction of sp³-hybridized carbons (Fsp3) is 0.417. The van der Waals surface area contributed by atoms with Crippen molar-refractivity contribution in [2.75, 3.05) is 6.54 Å². The number of hydrogen-bond acceptors (Lipinski definition) is 4. The molecule has 0 radical (unpaired) electrons. The van der Waals surface area contributed by atoms with Crippen molar-refractivity contribution in [3.8, 4) is 0 Å². The number of carbonyl (C=O) groups is 1. The second-order valence-electron chi connectivity index (χ2n) is 4.50. The number of hydrogen-bond donors (Lipinski definition) is 2. The fourth-order valence-corrected chi connectivity index (χ4v) is 2.25. The fourth-order valence-electron chi connectivity index (χ4n) is 2.25. The Bertz CT molecular complexity index is 587. The minimum atomic E-state index is -0.946. The summed E-state index contributed by atoms with van der Waals surface area (Å²) in [6.07, 6.45) is 5.03.